The number of rotatable bonds is 13. The molecule has 0 bridgehead atoms. The second kappa shape index (κ2) is 16.2. The third kappa shape index (κ3) is 8.96. The largest absolute Gasteiger partial charge is 0.497 e. The molecule has 1 atom stereocenters. The van der Waals surface area contributed by atoms with E-state index < -0.39 is 28.5 Å². The van der Waals surface area contributed by atoms with Crippen molar-refractivity contribution in [3.05, 3.63) is 125 Å². The highest BCUT2D eigenvalue weighted by Gasteiger charge is 2.35. The number of nitrogens with one attached hydrogen (secondary N) is 1. The molecule has 0 radical (unpaired) electrons. The maximum absolute atomic E-state index is 14.7. The van der Waals surface area contributed by atoms with Gasteiger partial charge in [-0.3, -0.25) is 13.9 Å². The van der Waals surface area contributed by atoms with E-state index in [1.165, 1.54) is 24.1 Å². The molecule has 5 rings (SSSR count). The molecule has 1 aliphatic rings. The molecule has 1 fully saturated rings. The van der Waals surface area contributed by atoms with Gasteiger partial charge in [-0.25, -0.2) is 8.42 Å². The standard InChI is InChI=1S/C38H42ClN3O5S/c1-28-13-19-33(20-14-28)42(48(45,46)35-23-21-34(47-2)22-24-35)27-37(43)41(26-30-15-17-31(39)18-16-30)36(25-29-9-5-3-6-10-29)38(44)40-32-11-7-4-8-12-32/h3,5-6,9-10,13-24,32,36H,4,7-8,11-12,25-27H2,1-2H3,(H,40,44)/t36-/m1/s1. The number of benzene rings is 4. The maximum Gasteiger partial charge on any atom is 0.264 e. The highest BCUT2D eigenvalue weighted by Crippen LogP contribution is 2.27. The first-order chi connectivity index (χ1) is 23.1. The van der Waals surface area contributed by atoms with E-state index in [0.717, 1.165) is 53.1 Å². The van der Waals surface area contributed by atoms with Crippen molar-refractivity contribution in [2.24, 2.45) is 0 Å². The van der Waals surface area contributed by atoms with E-state index in [2.05, 4.69) is 5.32 Å². The summed E-state index contributed by atoms with van der Waals surface area (Å²) in [5.74, 6) is -0.260. The van der Waals surface area contributed by atoms with Crippen LogP contribution in [0.2, 0.25) is 5.02 Å². The minimum Gasteiger partial charge on any atom is -0.497 e. The van der Waals surface area contributed by atoms with Crippen LogP contribution in [0.15, 0.2) is 108 Å². The molecule has 10 heteroatoms. The lowest BCUT2D eigenvalue weighted by Gasteiger charge is -2.35. The fourth-order valence-electron chi connectivity index (χ4n) is 6.00. The lowest BCUT2D eigenvalue weighted by Crippen LogP contribution is -2.55. The first kappa shape index (κ1) is 35.0. The van der Waals surface area contributed by atoms with Crippen molar-refractivity contribution in [2.75, 3.05) is 18.0 Å². The van der Waals surface area contributed by atoms with Gasteiger partial charge in [-0.05, 0) is 79.4 Å². The fraction of sp³-hybridized carbons (Fsp3) is 0.316. The summed E-state index contributed by atoms with van der Waals surface area (Å²) in [5.41, 5.74) is 2.92. The zero-order chi connectivity index (χ0) is 34.1. The van der Waals surface area contributed by atoms with Crippen LogP contribution in [0.3, 0.4) is 0 Å². The van der Waals surface area contributed by atoms with Crippen molar-refractivity contribution in [2.45, 2.75) is 69.0 Å². The average molecular weight is 688 g/mol. The molecular formula is C38H42ClN3O5S. The molecule has 0 aromatic heterocycles. The minimum atomic E-state index is -4.21. The Bertz CT molecular complexity index is 1760. The number of aryl methyl sites for hydroxylation is 1. The van der Waals surface area contributed by atoms with Crippen LogP contribution in [0.4, 0.5) is 5.69 Å². The number of hydrogen-bond acceptors (Lipinski definition) is 5. The van der Waals surface area contributed by atoms with Gasteiger partial charge >= 0.3 is 0 Å². The lowest BCUT2D eigenvalue weighted by atomic mass is 9.94. The van der Waals surface area contributed by atoms with Gasteiger partial charge in [0.15, 0.2) is 0 Å². The van der Waals surface area contributed by atoms with E-state index in [4.69, 9.17) is 16.3 Å². The zero-order valence-electron chi connectivity index (χ0n) is 27.3. The highest BCUT2D eigenvalue weighted by atomic mass is 35.5. The third-order valence-corrected chi connectivity index (χ3v) is 10.8. The van der Waals surface area contributed by atoms with Crippen LogP contribution in [-0.4, -0.2) is 50.9 Å². The second-order valence-corrected chi connectivity index (χ2v) is 14.5. The van der Waals surface area contributed by atoms with Gasteiger partial charge in [0.25, 0.3) is 10.0 Å². The Hall–Kier alpha value is -4.34. The molecule has 252 valence electrons. The summed E-state index contributed by atoms with van der Waals surface area (Å²) in [7, 11) is -2.71. The molecule has 1 aliphatic carbocycles. The maximum atomic E-state index is 14.7. The summed E-state index contributed by atoms with van der Waals surface area (Å²) < 4.78 is 34.9. The molecule has 0 unspecified atom stereocenters. The fourth-order valence-corrected chi connectivity index (χ4v) is 7.54. The van der Waals surface area contributed by atoms with Crippen LogP contribution in [0.5, 0.6) is 5.75 Å². The molecule has 8 nitrogen and oxygen atoms in total. The van der Waals surface area contributed by atoms with Gasteiger partial charge in [0.1, 0.15) is 18.3 Å². The Morgan fingerprint density at radius 2 is 1.50 bits per heavy atom. The SMILES string of the molecule is COc1ccc(S(=O)(=O)N(CC(=O)N(Cc2ccc(Cl)cc2)[C@H](Cc2ccccc2)C(=O)NC2CCCCC2)c2ccc(C)cc2)cc1. The zero-order valence-corrected chi connectivity index (χ0v) is 28.9. The number of sulfonamides is 1. The van der Waals surface area contributed by atoms with Gasteiger partial charge in [0.05, 0.1) is 17.7 Å². The van der Waals surface area contributed by atoms with Crippen molar-refractivity contribution in [1.82, 2.24) is 10.2 Å². The molecule has 0 spiro atoms. The van der Waals surface area contributed by atoms with Crippen LogP contribution >= 0.6 is 11.6 Å². The molecule has 48 heavy (non-hydrogen) atoms. The van der Waals surface area contributed by atoms with Gasteiger partial charge in [0, 0.05) is 24.0 Å². The van der Waals surface area contributed by atoms with E-state index in [-0.39, 0.29) is 29.8 Å². The number of ether oxygens (including phenoxy) is 1. The number of amides is 2. The number of nitrogens with zero attached hydrogens (tertiary/aromatic N) is 2. The second-order valence-electron chi connectivity index (χ2n) is 12.2. The van der Waals surface area contributed by atoms with Gasteiger partial charge in [-0.15, -0.1) is 0 Å². The normalized spacial score (nSPS) is 14.1. The number of hydrogen-bond donors (Lipinski definition) is 1. The Kier molecular flexibility index (Phi) is 11.8. The van der Waals surface area contributed by atoms with Crippen LogP contribution in [0, 0.1) is 6.92 Å². The van der Waals surface area contributed by atoms with E-state index in [9.17, 15) is 18.0 Å². The minimum absolute atomic E-state index is 0.0109. The first-order valence-corrected chi connectivity index (χ1v) is 18.1. The molecule has 0 aliphatic heterocycles. The number of carbonyl (C=O) groups is 2. The Balaban J connectivity index is 1.55. The molecule has 0 saturated heterocycles. The number of anilines is 1. The smallest absolute Gasteiger partial charge is 0.264 e. The van der Waals surface area contributed by atoms with Crippen molar-refractivity contribution in [3.63, 3.8) is 0 Å². The molecule has 2 amide bonds. The van der Waals surface area contributed by atoms with E-state index in [0.29, 0.717) is 16.5 Å². The van der Waals surface area contributed by atoms with E-state index in [1.807, 2.05) is 49.4 Å². The summed E-state index contributed by atoms with van der Waals surface area (Å²) in [6, 6.07) is 28.8. The molecule has 4 aromatic rings. The highest BCUT2D eigenvalue weighted by molar-refractivity contribution is 7.92. The van der Waals surface area contributed by atoms with Crippen LogP contribution in [-0.2, 0) is 32.6 Å². The summed E-state index contributed by atoms with van der Waals surface area (Å²) >= 11 is 6.19. The number of methoxy groups -OCH3 is 1. The van der Waals surface area contributed by atoms with Crippen molar-refractivity contribution < 1.29 is 22.7 Å². The average Bonchev–Trinajstić information content (AvgIpc) is 3.10. The van der Waals surface area contributed by atoms with E-state index >= 15 is 0 Å². The Labute approximate surface area is 288 Å². The van der Waals surface area contributed by atoms with Gasteiger partial charge in [0.2, 0.25) is 11.8 Å². The van der Waals surface area contributed by atoms with Gasteiger partial charge in [-0.2, -0.15) is 0 Å². The molecule has 4 aromatic carbocycles. The number of halogens is 1. The predicted molar refractivity (Wildman–Crippen MR) is 190 cm³/mol. The Morgan fingerprint density at radius 3 is 2.12 bits per heavy atom. The van der Waals surface area contributed by atoms with Crippen molar-refractivity contribution >= 4 is 39.1 Å². The molecule has 0 heterocycles. The van der Waals surface area contributed by atoms with Crippen molar-refractivity contribution in [1.29, 1.82) is 0 Å². The summed E-state index contributed by atoms with van der Waals surface area (Å²) in [6.45, 7) is 1.47. The number of carbonyl (C=O) groups excluding carboxylic acids is 2. The predicted octanol–water partition coefficient (Wildman–Crippen LogP) is 6.94. The third-order valence-electron chi connectivity index (χ3n) is 8.74. The lowest BCUT2D eigenvalue weighted by molar-refractivity contribution is -0.140. The Morgan fingerprint density at radius 1 is 0.854 bits per heavy atom. The van der Waals surface area contributed by atoms with E-state index in [1.54, 1.807) is 48.5 Å². The molecule has 1 N–H and O–H groups in total. The topological polar surface area (TPSA) is 96.0 Å². The molecule has 1 saturated carbocycles. The summed E-state index contributed by atoms with van der Waals surface area (Å²) in [5, 5.41) is 3.77. The van der Waals surface area contributed by atoms with Gasteiger partial charge in [-0.1, -0.05) is 91.0 Å². The summed E-state index contributed by atoms with van der Waals surface area (Å²) in [4.78, 5) is 30.4. The van der Waals surface area contributed by atoms with Crippen molar-refractivity contribution in [3.8, 4) is 5.75 Å². The van der Waals surface area contributed by atoms with Gasteiger partial charge < -0.3 is 15.0 Å². The monoisotopic (exact) mass is 687 g/mol. The summed E-state index contributed by atoms with van der Waals surface area (Å²) in [6.07, 6.45) is 5.24. The van der Waals surface area contributed by atoms with Crippen LogP contribution < -0.4 is 14.4 Å². The molecular weight excluding hydrogens is 646 g/mol. The van der Waals surface area contributed by atoms with Crippen LogP contribution in [0.1, 0.15) is 48.8 Å². The first-order valence-electron chi connectivity index (χ1n) is 16.3. The van der Waals surface area contributed by atoms with Crippen LogP contribution in [0.25, 0.3) is 0 Å². The quantitative estimate of drug-likeness (QED) is 0.164.